The van der Waals surface area contributed by atoms with Crippen molar-refractivity contribution in [2.75, 3.05) is 18.4 Å². The summed E-state index contributed by atoms with van der Waals surface area (Å²) < 4.78 is 37.3. The maximum atomic E-state index is 12.4. The minimum Gasteiger partial charge on any atom is -0.370 e. The van der Waals surface area contributed by atoms with E-state index in [0.717, 1.165) is 25.1 Å². The zero-order valence-electron chi connectivity index (χ0n) is 9.93. The van der Waals surface area contributed by atoms with Crippen LogP contribution in [0.3, 0.4) is 0 Å². The fourth-order valence-corrected chi connectivity index (χ4v) is 1.60. The average molecular weight is 259 g/mol. The number of pyridine rings is 1. The van der Waals surface area contributed by atoms with Crippen LogP contribution in [0.25, 0.3) is 0 Å². The molecule has 0 bridgehead atoms. The van der Waals surface area contributed by atoms with Gasteiger partial charge in [-0.05, 0) is 37.9 Å². The highest BCUT2D eigenvalue weighted by atomic mass is 19.4. The third-order valence-corrected chi connectivity index (χ3v) is 2.76. The Kier molecular flexibility index (Phi) is 4.06. The standard InChI is InChI=1S/C12H16F3N3/c13-12(14,15)9-4-7-18-11(8-9)17-6-1-5-16-10-2-3-10/h4,7-8,10,16H,1-3,5-6H2,(H,17,18). The Morgan fingerprint density at radius 2 is 2.06 bits per heavy atom. The second-order valence-electron chi connectivity index (χ2n) is 4.44. The fraction of sp³-hybridized carbons (Fsp3) is 0.583. The van der Waals surface area contributed by atoms with E-state index in [0.29, 0.717) is 12.6 Å². The van der Waals surface area contributed by atoms with Crippen molar-refractivity contribution in [3.8, 4) is 0 Å². The van der Waals surface area contributed by atoms with Crippen LogP contribution in [0, 0.1) is 0 Å². The predicted molar refractivity (Wildman–Crippen MR) is 63.4 cm³/mol. The average Bonchev–Trinajstić information content (AvgIpc) is 3.12. The first-order chi connectivity index (χ1) is 8.55. The van der Waals surface area contributed by atoms with Gasteiger partial charge in [-0.2, -0.15) is 13.2 Å². The van der Waals surface area contributed by atoms with E-state index in [4.69, 9.17) is 0 Å². The first-order valence-electron chi connectivity index (χ1n) is 6.06. The summed E-state index contributed by atoms with van der Waals surface area (Å²) >= 11 is 0. The van der Waals surface area contributed by atoms with Gasteiger partial charge in [0, 0.05) is 18.8 Å². The number of nitrogens with one attached hydrogen (secondary N) is 2. The van der Waals surface area contributed by atoms with Crippen LogP contribution in [-0.2, 0) is 6.18 Å². The first-order valence-corrected chi connectivity index (χ1v) is 6.06. The van der Waals surface area contributed by atoms with Crippen molar-refractivity contribution in [2.45, 2.75) is 31.5 Å². The van der Waals surface area contributed by atoms with Crippen LogP contribution in [0.4, 0.5) is 19.0 Å². The van der Waals surface area contributed by atoms with Gasteiger partial charge in [-0.15, -0.1) is 0 Å². The minimum absolute atomic E-state index is 0.274. The van der Waals surface area contributed by atoms with Crippen molar-refractivity contribution in [3.63, 3.8) is 0 Å². The molecule has 1 aromatic rings. The molecule has 0 aromatic carbocycles. The Morgan fingerprint density at radius 3 is 2.72 bits per heavy atom. The zero-order valence-corrected chi connectivity index (χ0v) is 9.93. The smallest absolute Gasteiger partial charge is 0.370 e. The molecule has 1 aromatic heterocycles. The molecule has 6 heteroatoms. The SMILES string of the molecule is FC(F)(F)c1ccnc(NCCCNC2CC2)c1. The first kappa shape index (κ1) is 13.1. The van der Waals surface area contributed by atoms with E-state index in [1.807, 2.05) is 0 Å². The summed E-state index contributed by atoms with van der Waals surface area (Å²) in [6, 6.07) is 2.67. The van der Waals surface area contributed by atoms with E-state index < -0.39 is 11.7 Å². The van der Waals surface area contributed by atoms with E-state index in [1.54, 1.807) is 0 Å². The second kappa shape index (κ2) is 5.56. The summed E-state index contributed by atoms with van der Waals surface area (Å²) in [5.74, 6) is 0.274. The van der Waals surface area contributed by atoms with E-state index >= 15 is 0 Å². The molecule has 0 amide bonds. The molecule has 0 atom stereocenters. The van der Waals surface area contributed by atoms with Crippen molar-refractivity contribution in [1.29, 1.82) is 0 Å². The maximum absolute atomic E-state index is 12.4. The molecule has 0 aliphatic heterocycles. The van der Waals surface area contributed by atoms with E-state index in [2.05, 4.69) is 15.6 Å². The van der Waals surface area contributed by atoms with Gasteiger partial charge in [-0.1, -0.05) is 0 Å². The number of anilines is 1. The number of aromatic nitrogens is 1. The Bertz CT molecular complexity index is 388. The molecule has 1 heterocycles. The van der Waals surface area contributed by atoms with Gasteiger partial charge in [0.1, 0.15) is 5.82 Å². The third kappa shape index (κ3) is 4.18. The fourth-order valence-electron chi connectivity index (χ4n) is 1.60. The van der Waals surface area contributed by atoms with Crippen LogP contribution < -0.4 is 10.6 Å². The molecule has 0 saturated heterocycles. The minimum atomic E-state index is -4.31. The molecule has 1 aliphatic carbocycles. The summed E-state index contributed by atoms with van der Waals surface area (Å²) in [5.41, 5.74) is -0.670. The molecule has 0 spiro atoms. The largest absolute Gasteiger partial charge is 0.416 e. The van der Waals surface area contributed by atoms with Gasteiger partial charge in [0.05, 0.1) is 5.56 Å². The van der Waals surface area contributed by atoms with Crippen LogP contribution in [-0.4, -0.2) is 24.1 Å². The molecule has 100 valence electrons. The summed E-state index contributed by atoms with van der Waals surface area (Å²) in [4.78, 5) is 3.87. The molecule has 2 rings (SSSR count). The molecule has 1 saturated carbocycles. The Labute approximate surface area is 104 Å². The van der Waals surface area contributed by atoms with Gasteiger partial charge in [0.2, 0.25) is 0 Å². The second-order valence-corrected chi connectivity index (χ2v) is 4.44. The van der Waals surface area contributed by atoms with E-state index in [1.165, 1.54) is 19.0 Å². The zero-order chi connectivity index (χ0) is 13.0. The highest BCUT2D eigenvalue weighted by Gasteiger charge is 2.30. The van der Waals surface area contributed by atoms with E-state index in [9.17, 15) is 13.2 Å². The van der Waals surface area contributed by atoms with Gasteiger partial charge < -0.3 is 10.6 Å². The third-order valence-electron chi connectivity index (χ3n) is 2.76. The quantitative estimate of drug-likeness (QED) is 0.771. The summed E-state index contributed by atoms with van der Waals surface area (Å²) in [6.45, 7) is 1.50. The number of hydrogen-bond acceptors (Lipinski definition) is 3. The molecular formula is C12H16F3N3. The van der Waals surface area contributed by atoms with Crippen molar-refractivity contribution in [1.82, 2.24) is 10.3 Å². The van der Waals surface area contributed by atoms with Crippen LogP contribution in [0.15, 0.2) is 18.3 Å². The number of nitrogens with zero attached hydrogens (tertiary/aromatic N) is 1. The van der Waals surface area contributed by atoms with Crippen LogP contribution in [0.5, 0.6) is 0 Å². The van der Waals surface area contributed by atoms with Gasteiger partial charge in [0.15, 0.2) is 0 Å². The summed E-state index contributed by atoms with van der Waals surface area (Å²) in [7, 11) is 0. The molecule has 3 nitrogen and oxygen atoms in total. The van der Waals surface area contributed by atoms with Gasteiger partial charge in [-0.3, -0.25) is 0 Å². The number of alkyl halides is 3. The van der Waals surface area contributed by atoms with Gasteiger partial charge >= 0.3 is 6.18 Å². The highest BCUT2D eigenvalue weighted by molar-refractivity contribution is 5.38. The predicted octanol–water partition coefficient (Wildman–Crippen LogP) is 2.65. The summed E-state index contributed by atoms with van der Waals surface area (Å²) in [5, 5.41) is 6.24. The van der Waals surface area contributed by atoms with Crippen molar-refractivity contribution in [2.24, 2.45) is 0 Å². The molecular weight excluding hydrogens is 243 g/mol. The number of rotatable bonds is 6. The Morgan fingerprint density at radius 1 is 1.28 bits per heavy atom. The molecule has 0 radical (unpaired) electrons. The van der Waals surface area contributed by atoms with E-state index in [-0.39, 0.29) is 5.82 Å². The van der Waals surface area contributed by atoms with Gasteiger partial charge in [-0.25, -0.2) is 4.98 Å². The number of hydrogen-bond donors (Lipinski definition) is 2. The lowest BCUT2D eigenvalue weighted by atomic mass is 10.2. The Balaban J connectivity index is 1.74. The maximum Gasteiger partial charge on any atom is 0.416 e. The van der Waals surface area contributed by atoms with Crippen LogP contribution in [0.2, 0.25) is 0 Å². The van der Waals surface area contributed by atoms with Crippen molar-refractivity contribution < 1.29 is 13.2 Å². The van der Waals surface area contributed by atoms with Crippen LogP contribution >= 0.6 is 0 Å². The topological polar surface area (TPSA) is 37.0 Å². The normalized spacial score (nSPS) is 15.7. The molecule has 0 unspecified atom stereocenters. The summed E-state index contributed by atoms with van der Waals surface area (Å²) in [6.07, 6.45) is 0.208. The van der Waals surface area contributed by atoms with Crippen molar-refractivity contribution in [3.05, 3.63) is 23.9 Å². The lowest BCUT2D eigenvalue weighted by Gasteiger charge is -2.09. The van der Waals surface area contributed by atoms with Crippen molar-refractivity contribution >= 4 is 5.82 Å². The molecule has 1 fully saturated rings. The highest BCUT2D eigenvalue weighted by Crippen LogP contribution is 2.29. The number of halogens is 3. The lowest BCUT2D eigenvalue weighted by molar-refractivity contribution is -0.137. The van der Waals surface area contributed by atoms with Crippen LogP contribution in [0.1, 0.15) is 24.8 Å². The molecule has 1 aliphatic rings. The van der Waals surface area contributed by atoms with Gasteiger partial charge in [0.25, 0.3) is 0 Å². The molecule has 2 N–H and O–H groups in total. The molecule has 18 heavy (non-hydrogen) atoms. The lowest BCUT2D eigenvalue weighted by Crippen LogP contribution is -2.20. The Hall–Kier alpha value is -1.30. The monoisotopic (exact) mass is 259 g/mol.